The van der Waals surface area contributed by atoms with Gasteiger partial charge in [0.05, 0.1) is 10.8 Å². The molecular formula is C8H10ClFN2O4S2. The van der Waals surface area contributed by atoms with Gasteiger partial charge < -0.3 is 0 Å². The van der Waals surface area contributed by atoms with Crippen LogP contribution in [0.15, 0.2) is 23.1 Å². The number of hydrogen-bond acceptors (Lipinski definition) is 4. The minimum absolute atomic E-state index is 0.167. The lowest BCUT2D eigenvalue weighted by Gasteiger charge is -2.07. The number of primary sulfonamides is 1. The Morgan fingerprint density at radius 3 is 2.44 bits per heavy atom. The summed E-state index contributed by atoms with van der Waals surface area (Å²) in [7, 11) is -7.86. The summed E-state index contributed by atoms with van der Waals surface area (Å²) < 4.78 is 59.5. The van der Waals surface area contributed by atoms with Crippen LogP contribution in [0, 0.1) is 5.82 Å². The summed E-state index contributed by atoms with van der Waals surface area (Å²) in [4.78, 5) is -0.460. The summed E-state index contributed by atoms with van der Waals surface area (Å²) in [5, 5.41) is 4.54. The van der Waals surface area contributed by atoms with Gasteiger partial charge in [0, 0.05) is 6.54 Å². The Kier molecular flexibility index (Phi) is 4.67. The topological polar surface area (TPSA) is 106 Å². The van der Waals surface area contributed by atoms with Gasteiger partial charge in [-0.3, -0.25) is 0 Å². The molecule has 0 spiro atoms. The van der Waals surface area contributed by atoms with Gasteiger partial charge in [0.15, 0.2) is 0 Å². The molecule has 1 aromatic rings. The minimum Gasteiger partial charge on any atom is -0.229 e. The molecule has 18 heavy (non-hydrogen) atoms. The van der Waals surface area contributed by atoms with E-state index in [9.17, 15) is 21.2 Å². The Morgan fingerprint density at radius 2 is 1.89 bits per heavy atom. The van der Waals surface area contributed by atoms with Crippen molar-refractivity contribution >= 4 is 31.6 Å². The van der Waals surface area contributed by atoms with E-state index in [0.717, 1.165) is 18.2 Å². The second-order valence-corrected chi connectivity index (χ2v) is 7.22. The Labute approximate surface area is 109 Å². The molecule has 3 N–H and O–H groups in total. The van der Waals surface area contributed by atoms with Crippen molar-refractivity contribution in [2.75, 3.05) is 12.3 Å². The van der Waals surface area contributed by atoms with Gasteiger partial charge >= 0.3 is 0 Å². The van der Waals surface area contributed by atoms with Crippen molar-refractivity contribution < 1.29 is 21.2 Å². The molecule has 1 rings (SSSR count). The predicted octanol–water partition coefficient (Wildman–Crippen LogP) is 0.0459. The number of benzene rings is 1. The van der Waals surface area contributed by atoms with Crippen molar-refractivity contribution in [2.24, 2.45) is 5.14 Å². The van der Waals surface area contributed by atoms with Crippen LogP contribution in [0.2, 0.25) is 5.02 Å². The monoisotopic (exact) mass is 316 g/mol. The highest BCUT2D eigenvalue weighted by Crippen LogP contribution is 2.21. The summed E-state index contributed by atoms with van der Waals surface area (Å²) in [6.07, 6.45) is 0. The summed E-state index contributed by atoms with van der Waals surface area (Å²) in [6.45, 7) is -0.423. The van der Waals surface area contributed by atoms with E-state index < -0.39 is 43.1 Å². The smallest absolute Gasteiger partial charge is 0.229 e. The third-order valence-electron chi connectivity index (χ3n) is 1.86. The van der Waals surface area contributed by atoms with Crippen LogP contribution in [0.5, 0.6) is 0 Å². The molecule has 0 aliphatic carbocycles. The van der Waals surface area contributed by atoms with Crippen LogP contribution in [-0.4, -0.2) is 29.1 Å². The lowest BCUT2D eigenvalue weighted by Crippen LogP contribution is -2.31. The molecule has 0 aliphatic rings. The van der Waals surface area contributed by atoms with Crippen LogP contribution in [0.3, 0.4) is 0 Å². The fourth-order valence-corrected chi connectivity index (χ4v) is 3.14. The average Bonchev–Trinajstić information content (AvgIpc) is 2.19. The fourth-order valence-electron chi connectivity index (χ4n) is 1.08. The summed E-state index contributed by atoms with van der Waals surface area (Å²) in [6, 6.07) is 2.83. The first-order valence-electron chi connectivity index (χ1n) is 4.57. The minimum atomic E-state index is -4.08. The van der Waals surface area contributed by atoms with E-state index in [1.54, 1.807) is 0 Å². The van der Waals surface area contributed by atoms with Gasteiger partial charge in [0.2, 0.25) is 20.0 Å². The van der Waals surface area contributed by atoms with Gasteiger partial charge in [0.25, 0.3) is 0 Å². The molecule has 0 heterocycles. The second kappa shape index (κ2) is 5.49. The van der Waals surface area contributed by atoms with E-state index in [0.29, 0.717) is 0 Å². The third-order valence-corrected chi connectivity index (χ3v) is 4.58. The molecule has 10 heteroatoms. The number of halogens is 2. The van der Waals surface area contributed by atoms with Gasteiger partial charge in [-0.1, -0.05) is 11.6 Å². The molecule has 0 bridgehead atoms. The Hall–Kier alpha value is -0.740. The summed E-state index contributed by atoms with van der Waals surface area (Å²) in [5.74, 6) is -1.34. The van der Waals surface area contributed by atoms with E-state index in [1.807, 2.05) is 4.72 Å². The molecule has 0 radical (unpaired) electrons. The van der Waals surface area contributed by atoms with Crippen LogP contribution in [-0.2, 0) is 20.0 Å². The SMILES string of the molecule is NS(=O)(=O)CCNS(=O)(=O)c1cc(F)ccc1Cl. The molecule has 0 saturated heterocycles. The zero-order valence-electron chi connectivity index (χ0n) is 8.93. The molecule has 1 aromatic carbocycles. The van der Waals surface area contributed by atoms with Crippen LogP contribution in [0.4, 0.5) is 4.39 Å². The lowest BCUT2D eigenvalue weighted by atomic mass is 10.3. The molecular weight excluding hydrogens is 307 g/mol. The van der Waals surface area contributed by atoms with Gasteiger partial charge in [-0.05, 0) is 18.2 Å². The summed E-state index contributed by atoms with van der Waals surface area (Å²) in [5.41, 5.74) is 0. The number of hydrogen-bond donors (Lipinski definition) is 2. The van der Waals surface area contributed by atoms with Crippen molar-refractivity contribution in [1.82, 2.24) is 4.72 Å². The van der Waals surface area contributed by atoms with Gasteiger partial charge in [0.1, 0.15) is 10.7 Å². The number of sulfonamides is 2. The largest absolute Gasteiger partial charge is 0.242 e. The highest BCUT2D eigenvalue weighted by atomic mass is 35.5. The molecule has 102 valence electrons. The first-order valence-corrected chi connectivity index (χ1v) is 8.15. The van der Waals surface area contributed by atoms with E-state index in [4.69, 9.17) is 16.7 Å². The van der Waals surface area contributed by atoms with Crippen LogP contribution >= 0.6 is 11.6 Å². The lowest BCUT2D eigenvalue weighted by molar-refractivity contribution is 0.578. The molecule has 0 saturated carbocycles. The quantitative estimate of drug-likeness (QED) is 0.800. The highest BCUT2D eigenvalue weighted by molar-refractivity contribution is 7.90. The summed E-state index contributed by atoms with van der Waals surface area (Å²) >= 11 is 5.62. The Balaban J connectivity index is 2.90. The van der Waals surface area contributed by atoms with Crippen molar-refractivity contribution in [3.8, 4) is 0 Å². The van der Waals surface area contributed by atoms with Crippen molar-refractivity contribution in [3.05, 3.63) is 29.0 Å². The van der Waals surface area contributed by atoms with Crippen LogP contribution < -0.4 is 9.86 Å². The van der Waals surface area contributed by atoms with Crippen molar-refractivity contribution in [3.63, 3.8) is 0 Å². The second-order valence-electron chi connectivity index (χ2n) is 3.34. The molecule has 0 aliphatic heterocycles. The van der Waals surface area contributed by atoms with Gasteiger partial charge in [-0.2, -0.15) is 0 Å². The Morgan fingerprint density at radius 1 is 1.28 bits per heavy atom. The zero-order valence-corrected chi connectivity index (χ0v) is 11.3. The molecule has 0 fully saturated rings. The first-order chi connectivity index (χ1) is 8.12. The fraction of sp³-hybridized carbons (Fsp3) is 0.250. The Bertz CT molecular complexity index is 645. The van der Waals surface area contributed by atoms with Gasteiger partial charge in [-0.25, -0.2) is 31.1 Å². The number of nitrogens with one attached hydrogen (secondary N) is 1. The maximum absolute atomic E-state index is 12.9. The van der Waals surface area contributed by atoms with Gasteiger partial charge in [-0.15, -0.1) is 0 Å². The van der Waals surface area contributed by atoms with E-state index >= 15 is 0 Å². The van der Waals surface area contributed by atoms with Crippen molar-refractivity contribution in [1.29, 1.82) is 0 Å². The van der Waals surface area contributed by atoms with E-state index in [-0.39, 0.29) is 5.02 Å². The standard InChI is InChI=1S/C8H10ClFN2O4S2/c9-7-2-1-6(10)5-8(7)18(15,16)12-3-4-17(11,13)14/h1-2,5,12H,3-4H2,(H2,11,13,14). The maximum Gasteiger partial charge on any atom is 0.242 e. The predicted molar refractivity (Wildman–Crippen MR) is 64.6 cm³/mol. The van der Waals surface area contributed by atoms with Crippen LogP contribution in [0.25, 0.3) is 0 Å². The number of nitrogens with two attached hydrogens (primary N) is 1. The number of rotatable bonds is 5. The van der Waals surface area contributed by atoms with Crippen molar-refractivity contribution in [2.45, 2.75) is 4.90 Å². The van der Waals surface area contributed by atoms with Crippen LogP contribution in [0.1, 0.15) is 0 Å². The third kappa shape index (κ3) is 4.50. The normalized spacial score (nSPS) is 12.6. The molecule has 0 amide bonds. The molecule has 0 unspecified atom stereocenters. The highest BCUT2D eigenvalue weighted by Gasteiger charge is 2.19. The first kappa shape index (κ1) is 15.3. The molecule has 6 nitrogen and oxygen atoms in total. The zero-order chi connectivity index (χ0) is 14.0. The van der Waals surface area contributed by atoms with E-state index in [1.165, 1.54) is 0 Å². The van der Waals surface area contributed by atoms with E-state index in [2.05, 4.69) is 0 Å². The maximum atomic E-state index is 12.9. The average molecular weight is 317 g/mol. The molecule has 0 atom stereocenters. The molecule has 0 aromatic heterocycles.